The number of benzene rings is 1. The molecular weight excluding hydrogens is 358 g/mol. The number of nitrogens with one attached hydrogen (secondary N) is 1. The van der Waals surface area contributed by atoms with Crippen LogP contribution in [0.15, 0.2) is 17.7 Å². The van der Waals surface area contributed by atoms with Crippen LogP contribution in [-0.4, -0.2) is 41.0 Å². The lowest BCUT2D eigenvalue weighted by molar-refractivity contribution is -0.128. The summed E-state index contributed by atoms with van der Waals surface area (Å²) in [4.78, 5) is 28.5. The third-order valence-electron chi connectivity index (χ3n) is 5.69. The van der Waals surface area contributed by atoms with Crippen molar-refractivity contribution in [3.8, 4) is 0 Å². The van der Waals surface area contributed by atoms with Gasteiger partial charge < -0.3 is 4.90 Å². The molecular formula is C21H27N3O2S. The maximum atomic E-state index is 12.5. The molecule has 0 spiro atoms. The molecule has 27 heavy (non-hydrogen) atoms. The minimum atomic E-state index is -0.440. The molecule has 2 aliphatic rings. The minimum absolute atomic E-state index is 0.102. The Bertz CT molecular complexity index is 872. The first-order valence-electron chi connectivity index (χ1n) is 9.34. The Balaban J connectivity index is 2.10. The highest BCUT2D eigenvalue weighted by atomic mass is 32.1. The van der Waals surface area contributed by atoms with E-state index in [0.29, 0.717) is 5.92 Å². The van der Waals surface area contributed by atoms with Crippen molar-refractivity contribution >= 4 is 40.9 Å². The number of carbonyl (C=O) groups is 2. The van der Waals surface area contributed by atoms with Gasteiger partial charge in [-0.2, -0.15) is 0 Å². The van der Waals surface area contributed by atoms with E-state index < -0.39 is 5.91 Å². The van der Waals surface area contributed by atoms with Gasteiger partial charge >= 0.3 is 0 Å². The third kappa shape index (κ3) is 3.27. The predicted molar refractivity (Wildman–Crippen MR) is 113 cm³/mol. The summed E-state index contributed by atoms with van der Waals surface area (Å²) in [5.41, 5.74) is 4.67. The molecule has 1 aromatic rings. The molecule has 144 valence electrons. The van der Waals surface area contributed by atoms with E-state index in [4.69, 9.17) is 12.2 Å². The first-order valence-corrected chi connectivity index (χ1v) is 9.75. The summed E-state index contributed by atoms with van der Waals surface area (Å²) >= 11 is 5.01. The van der Waals surface area contributed by atoms with Crippen LogP contribution in [0.5, 0.6) is 0 Å². The second kappa shape index (κ2) is 6.75. The van der Waals surface area contributed by atoms with E-state index >= 15 is 0 Å². The average molecular weight is 386 g/mol. The fourth-order valence-corrected chi connectivity index (χ4v) is 4.48. The third-order valence-corrected chi connectivity index (χ3v) is 6.07. The van der Waals surface area contributed by atoms with Crippen LogP contribution in [0.4, 0.5) is 5.69 Å². The van der Waals surface area contributed by atoms with Gasteiger partial charge in [0.05, 0.1) is 0 Å². The van der Waals surface area contributed by atoms with E-state index in [2.05, 4.69) is 50.0 Å². The van der Waals surface area contributed by atoms with Crippen molar-refractivity contribution in [3.05, 3.63) is 34.4 Å². The zero-order valence-electron chi connectivity index (χ0n) is 16.8. The molecule has 1 atom stereocenters. The molecule has 0 saturated carbocycles. The van der Waals surface area contributed by atoms with Gasteiger partial charge in [0.25, 0.3) is 11.8 Å². The molecule has 2 heterocycles. The highest BCUT2D eigenvalue weighted by molar-refractivity contribution is 7.80. The smallest absolute Gasteiger partial charge is 0.265 e. The Hall–Kier alpha value is -2.21. The van der Waals surface area contributed by atoms with Gasteiger partial charge in [0.1, 0.15) is 5.57 Å². The number of hydrogen-bond donors (Lipinski definition) is 1. The number of fused-ring (bicyclic) bond motifs is 1. The molecule has 3 rings (SSSR count). The normalized spacial score (nSPS) is 23.6. The molecule has 0 radical (unpaired) electrons. The molecule has 1 saturated heterocycles. The van der Waals surface area contributed by atoms with Crippen LogP contribution in [0.25, 0.3) is 6.08 Å². The molecule has 2 amide bonds. The molecule has 2 aliphatic heterocycles. The van der Waals surface area contributed by atoms with E-state index in [9.17, 15) is 9.59 Å². The zero-order valence-corrected chi connectivity index (χ0v) is 17.7. The van der Waals surface area contributed by atoms with Crippen LogP contribution in [0, 0.1) is 6.92 Å². The Morgan fingerprint density at radius 1 is 1.33 bits per heavy atom. The molecule has 0 bridgehead atoms. The number of rotatable bonds is 2. The Morgan fingerprint density at radius 2 is 2.00 bits per heavy atom. The minimum Gasteiger partial charge on any atom is -0.366 e. The lowest BCUT2D eigenvalue weighted by Crippen LogP contribution is -2.52. The maximum absolute atomic E-state index is 12.5. The van der Waals surface area contributed by atoms with Crippen LogP contribution in [-0.2, 0) is 9.59 Å². The van der Waals surface area contributed by atoms with Crippen molar-refractivity contribution < 1.29 is 9.59 Å². The van der Waals surface area contributed by atoms with Crippen LogP contribution in [0.1, 0.15) is 56.7 Å². The first-order chi connectivity index (χ1) is 12.6. The summed E-state index contributed by atoms with van der Waals surface area (Å²) in [6, 6.07) is 4.32. The van der Waals surface area contributed by atoms with Crippen LogP contribution in [0.3, 0.4) is 0 Å². The summed E-state index contributed by atoms with van der Waals surface area (Å²) in [6.45, 7) is 11.9. The molecule has 0 aromatic heterocycles. The molecule has 5 nitrogen and oxygen atoms in total. The quantitative estimate of drug-likeness (QED) is 0.482. The topological polar surface area (TPSA) is 52.7 Å². The molecule has 1 unspecified atom stereocenters. The lowest BCUT2D eigenvalue weighted by Gasteiger charge is -2.47. The largest absolute Gasteiger partial charge is 0.366 e. The van der Waals surface area contributed by atoms with Crippen LogP contribution < -0.4 is 10.2 Å². The van der Waals surface area contributed by atoms with Gasteiger partial charge in [-0.3, -0.25) is 19.8 Å². The fourth-order valence-electron chi connectivity index (χ4n) is 4.31. The van der Waals surface area contributed by atoms with Gasteiger partial charge in [-0.15, -0.1) is 0 Å². The van der Waals surface area contributed by atoms with E-state index in [1.807, 2.05) is 6.92 Å². The average Bonchev–Trinajstić information content (AvgIpc) is 2.57. The molecule has 1 N–H and O–H groups in total. The number of thiocarbonyl (C=S) groups is 1. The van der Waals surface area contributed by atoms with Crippen LogP contribution in [0.2, 0.25) is 0 Å². The molecule has 1 fully saturated rings. The first kappa shape index (κ1) is 19.5. The van der Waals surface area contributed by atoms with Gasteiger partial charge in [-0.05, 0) is 87.2 Å². The van der Waals surface area contributed by atoms with Crippen molar-refractivity contribution in [1.29, 1.82) is 0 Å². The molecule has 0 aliphatic carbocycles. The van der Waals surface area contributed by atoms with Crippen molar-refractivity contribution in [2.24, 2.45) is 0 Å². The van der Waals surface area contributed by atoms with E-state index in [1.165, 1.54) is 16.2 Å². The van der Waals surface area contributed by atoms with E-state index in [0.717, 1.165) is 24.1 Å². The van der Waals surface area contributed by atoms with Crippen molar-refractivity contribution in [1.82, 2.24) is 10.2 Å². The standard InChI is InChI=1S/C21H27N3O2S/c1-7-24-17-8-12(2)14(9-15(17)13(3)11-21(24,4)5)10-16-18(25)22-20(27)23(6)19(16)26/h8-10,13H,7,11H2,1-6H3,(H,22,25,27)/b16-10-. The Labute approximate surface area is 166 Å². The molecule has 1 aromatic carbocycles. The van der Waals surface area contributed by atoms with Gasteiger partial charge in [0.15, 0.2) is 5.11 Å². The molecule has 6 heteroatoms. The number of likely N-dealkylation sites (N-methyl/N-ethyl adjacent to an activating group) is 1. The monoisotopic (exact) mass is 385 g/mol. The number of anilines is 1. The summed E-state index contributed by atoms with van der Waals surface area (Å²) in [6.07, 6.45) is 2.75. The number of amides is 2. The van der Waals surface area contributed by atoms with Gasteiger partial charge in [-0.25, -0.2) is 0 Å². The number of hydrogen-bond acceptors (Lipinski definition) is 4. The van der Waals surface area contributed by atoms with Gasteiger partial charge in [-0.1, -0.05) is 6.92 Å². The maximum Gasteiger partial charge on any atom is 0.265 e. The van der Waals surface area contributed by atoms with Crippen molar-refractivity contribution in [2.45, 2.75) is 52.5 Å². The predicted octanol–water partition coefficient (Wildman–Crippen LogP) is 3.36. The lowest BCUT2D eigenvalue weighted by atomic mass is 9.79. The van der Waals surface area contributed by atoms with E-state index in [-0.39, 0.29) is 22.1 Å². The van der Waals surface area contributed by atoms with E-state index in [1.54, 1.807) is 13.1 Å². The Morgan fingerprint density at radius 3 is 2.63 bits per heavy atom. The van der Waals surface area contributed by atoms with Crippen molar-refractivity contribution in [2.75, 3.05) is 18.5 Å². The second-order valence-corrected chi connectivity index (χ2v) is 8.50. The number of nitrogens with zero attached hydrogens (tertiary/aromatic N) is 2. The highest BCUT2D eigenvalue weighted by Gasteiger charge is 2.36. The second-order valence-electron chi connectivity index (χ2n) is 8.11. The summed E-state index contributed by atoms with van der Waals surface area (Å²) < 4.78 is 0. The summed E-state index contributed by atoms with van der Waals surface area (Å²) in [5, 5.41) is 2.71. The summed E-state index contributed by atoms with van der Waals surface area (Å²) in [7, 11) is 1.57. The number of carbonyl (C=O) groups excluding carboxylic acids is 2. The highest BCUT2D eigenvalue weighted by Crippen LogP contribution is 2.44. The van der Waals surface area contributed by atoms with Gasteiger partial charge in [0.2, 0.25) is 0 Å². The zero-order chi connectivity index (χ0) is 20.1. The van der Waals surface area contributed by atoms with Crippen molar-refractivity contribution in [3.63, 3.8) is 0 Å². The van der Waals surface area contributed by atoms with Crippen LogP contribution >= 0.6 is 12.2 Å². The van der Waals surface area contributed by atoms with Gasteiger partial charge in [0, 0.05) is 24.8 Å². The Kier molecular flexibility index (Phi) is 4.89. The fraction of sp³-hybridized carbons (Fsp3) is 0.476. The summed E-state index contributed by atoms with van der Waals surface area (Å²) in [5.74, 6) is -0.406. The number of aryl methyl sites for hydroxylation is 1. The SMILES string of the molecule is CCN1c2cc(C)c(/C=C3/C(=O)NC(=S)N(C)C3=O)cc2C(C)CC1(C)C.